The monoisotopic (exact) mass is 435 g/mol. The summed E-state index contributed by atoms with van der Waals surface area (Å²) in [6.07, 6.45) is 3.78. The van der Waals surface area contributed by atoms with E-state index in [-0.39, 0.29) is 5.91 Å². The van der Waals surface area contributed by atoms with Gasteiger partial charge in [-0.1, -0.05) is 30.3 Å². The lowest BCUT2D eigenvalue weighted by molar-refractivity contribution is -0.121. The van der Waals surface area contributed by atoms with Crippen molar-refractivity contribution in [3.63, 3.8) is 0 Å². The van der Waals surface area contributed by atoms with E-state index in [1.165, 1.54) is 22.4 Å². The zero-order valence-corrected chi connectivity index (χ0v) is 19.6. The first kappa shape index (κ1) is 23.9. The van der Waals surface area contributed by atoms with Crippen molar-refractivity contribution in [2.45, 2.75) is 39.7 Å². The highest BCUT2D eigenvalue weighted by Crippen LogP contribution is 2.24. The number of carbonyl (C=O) groups excluding carboxylic acids is 1. The van der Waals surface area contributed by atoms with Gasteiger partial charge in [0.15, 0.2) is 0 Å². The van der Waals surface area contributed by atoms with Crippen LogP contribution in [0, 0.1) is 13.8 Å². The third kappa shape index (κ3) is 7.13. The largest absolute Gasteiger partial charge is 0.494 e. The topological polar surface area (TPSA) is 44.8 Å². The zero-order chi connectivity index (χ0) is 22.8. The Balaban J connectivity index is 1.40. The highest BCUT2D eigenvalue weighted by Gasteiger charge is 2.19. The third-order valence-electron chi connectivity index (χ3n) is 6.08. The summed E-state index contributed by atoms with van der Waals surface area (Å²) in [5, 5.41) is 2.91. The second-order valence-corrected chi connectivity index (χ2v) is 8.51. The zero-order valence-electron chi connectivity index (χ0n) is 19.6. The van der Waals surface area contributed by atoms with E-state index in [2.05, 4.69) is 71.9 Å². The number of rotatable bonds is 11. The number of benzene rings is 2. The predicted octanol–water partition coefficient (Wildman–Crippen LogP) is 4.48. The molecule has 0 bridgehead atoms. The van der Waals surface area contributed by atoms with Gasteiger partial charge in [0, 0.05) is 51.4 Å². The van der Waals surface area contributed by atoms with Crippen molar-refractivity contribution in [2.24, 2.45) is 0 Å². The van der Waals surface area contributed by atoms with Crippen LogP contribution in [0.3, 0.4) is 0 Å². The Bertz CT molecular complexity index is 888. The quantitative estimate of drug-likeness (QED) is 0.418. The second-order valence-electron chi connectivity index (χ2n) is 8.51. The summed E-state index contributed by atoms with van der Waals surface area (Å²) in [5.74, 6) is 0.971. The van der Waals surface area contributed by atoms with Crippen molar-refractivity contribution >= 4 is 11.6 Å². The molecule has 32 heavy (non-hydrogen) atoms. The number of piperazine rings is 1. The minimum absolute atomic E-state index is 0.0737. The van der Waals surface area contributed by atoms with Crippen LogP contribution < -0.4 is 15.0 Å². The number of nitrogens with one attached hydrogen (secondary N) is 1. The third-order valence-corrected chi connectivity index (χ3v) is 6.08. The van der Waals surface area contributed by atoms with E-state index in [9.17, 15) is 4.79 Å². The number of ether oxygens (including phenoxy) is 1. The maximum Gasteiger partial charge on any atom is 0.220 e. The molecule has 1 fully saturated rings. The van der Waals surface area contributed by atoms with Gasteiger partial charge in [-0.3, -0.25) is 9.69 Å². The molecule has 0 unspecified atom stereocenters. The van der Waals surface area contributed by atoms with E-state index in [1.807, 2.05) is 6.07 Å². The summed E-state index contributed by atoms with van der Waals surface area (Å²) in [6.45, 7) is 14.4. The van der Waals surface area contributed by atoms with E-state index in [1.54, 1.807) is 6.08 Å². The molecule has 0 spiro atoms. The molecule has 1 heterocycles. The Hall–Kier alpha value is -2.79. The number of allylic oxidation sites excluding steroid dienone is 1. The summed E-state index contributed by atoms with van der Waals surface area (Å²) >= 11 is 0. The van der Waals surface area contributed by atoms with E-state index < -0.39 is 0 Å². The van der Waals surface area contributed by atoms with Gasteiger partial charge in [0.25, 0.3) is 0 Å². The number of hydrogen-bond donors (Lipinski definition) is 1. The van der Waals surface area contributed by atoms with Crippen LogP contribution in [-0.2, 0) is 11.3 Å². The van der Waals surface area contributed by atoms with Gasteiger partial charge in [-0.05, 0) is 61.6 Å². The van der Waals surface area contributed by atoms with E-state index >= 15 is 0 Å². The fourth-order valence-electron chi connectivity index (χ4n) is 4.03. The summed E-state index contributed by atoms with van der Waals surface area (Å²) in [4.78, 5) is 16.6. The lowest BCUT2D eigenvalue weighted by Gasteiger charge is -2.37. The van der Waals surface area contributed by atoms with Gasteiger partial charge in [0.2, 0.25) is 5.91 Å². The SMILES string of the molecule is C=CCCC(=O)NCCCOc1cccc(CN2CCN(c3cccc(C)c3C)CC2)c1. The molecule has 2 aromatic rings. The smallest absolute Gasteiger partial charge is 0.220 e. The Kier molecular flexibility index (Phi) is 9.17. The summed E-state index contributed by atoms with van der Waals surface area (Å²) in [6, 6.07) is 15.0. The molecule has 1 aliphatic rings. The van der Waals surface area contributed by atoms with Crippen LogP contribution in [0.2, 0.25) is 0 Å². The molecule has 0 aliphatic carbocycles. The van der Waals surface area contributed by atoms with Crippen molar-refractivity contribution in [1.29, 1.82) is 0 Å². The van der Waals surface area contributed by atoms with Crippen LogP contribution in [0.4, 0.5) is 5.69 Å². The first-order chi connectivity index (χ1) is 15.6. The first-order valence-corrected chi connectivity index (χ1v) is 11.7. The maximum absolute atomic E-state index is 11.6. The molecule has 2 aromatic carbocycles. The molecule has 0 aromatic heterocycles. The molecule has 1 saturated heterocycles. The Morgan fingerprint density at radius 2 is 1.91 bits per heavy atom. The predicted molar refractivity (Wildman–Crippen MR) is 132 cm³/mol. The number of nitrogens with zero attached hydrogens (tertiary/aromatic N) is 2. The highest BCUT2D eigenvalue weighted by atomic mass is 16.5. The van der Waals surface area contributed by atoms with E-state index in [0.717, 1.165) is 51.3 Å². The number of aryl methyl sites for hydroxylation is 1. The average Bonchev–Trinajstić information content (AvgIpc) is 2.80. The van der Waals surface area contributed by atoms with Gasteiger partial charge < -0.3 is 15.0 Å². The van der Waals surface area contributed by atoms with Gasteiger partial charge in [-0.15, -0.1) is 6.58 Å². The molecule has 172 valence electrons. The molecule has 1 N–H and O–H groups in total. The minimum atomic E-state index is 0.0737. The van der Waals surface area contributed by atoms with Gasteiger partial charge in [-0.2, -0.15) is 0 Å². The van der Waals surface area contributed by atoms with Crippen LogP contribution in [0.15, 0.2) is 55.1 Å². The number of carbonyl (C=O) groups is 1. The lowest BCUT2D eigenvalue weighted by atomic mass is 10.1. The Morgan fingerprint density at radius 3 is 2.69 bits per heavy atom. The minimum Gasteiger partial charge on any atom is -0.494 e. The molecule has 3 rings (SSSR count). The molecule has 1 aliphatic heterocycles. The molecule has 0 saturated carbocycles. The lowest BCUT2D eigenvalue weighted by Crippen LogP contribution is -2.46. The molecule has 0 atom stereocenters. The van der Waals surface area contributed by atoms with Crippen molar-refractivity contribution < 1.29 is 9.53 Å². The maximum atomic E-state index is 11.6. The van der Waals surface area contributed by atoms with Crippen LogP contribution in [0.1, 0.15) is 36.0 Å². The van der Waals surface area contributed by atoms with Gasteiger partial charge in [-0.25, -0.2) is 0 Å². The van der Waals surface area contributed by atoms with Gasteiger partial charge >= 0.3 is 0 Å². The first-order valence-electron chi connectivity index (χ1n) is 11.7. The normalized spacial score (nSPS) is 14.2. The fraction of sp³-hybridized carbons (Fsp3) is 0.444. The van der Waals surface area contributed by atoms with Crippen LogP contribution in [-0.4, -0.2) is 50.1 Å². The molecule has 0 radical (unpaired) electrons. The van der Waals surface area contributed by atoms with E-state index in [0.29, 0.717) is 19.6 Å². The van der Waals surface area contributed by atoms with Crippen molar-refractivity contribution in [1.82, 2.24) is 10.2 Å². The molecule has 1 amide bonds. The second kappa shape index (κ2) is 12.3. The molecular formula is C27H37N3O2. The highest BCUT2D eigenvalue weighted by molar-refractivity contribution is 5.75. The van der Waals surface area contributed by atoms with Crippen molar-refractivity contribution in [2.75, 3.05) is 44.2 Å². The van der Waals surface area contributed by atoms with Crippen molar-refractivity contribution in [3.8, 4) is 5.75 Å². The summed E-state index contributed by atoms with van der Waals surface area (Å²) in [5.41, 5.74) is 5.40. The fourth-order valence-corrected chi connectivity index (χ4v) is 4.03. The van der Waals surface area contributed by atoms with Crippen LogP contribution >= 0.6 is 0 Å². The molecular weight excluding hydrogens is 398 g/mol. The summed E-state index contributed by atoms with van der Waals surface area (Å²) < 4.78 is 5.90. The van der Waals surface area contributed by atoms with Gasteiger partial charge in [0.1, 0.15) is 5.75 Å². The molecule has 5 nitrogen and oxygen atoms in total. The number of amides is 1. The molecule has 5 heteroatoms. The average molecular weight is 436 g/mol. The van der Waals surface area contributed by atoms with Gasteiger partial charge in [0.05, 0.1) is 6.61 Å². The van der Waals surface area contributed by atoms with Crippen LogP contribution in [0.25, 0.3) is 0 Å². The van der Waals surface area contributed by atoms with Crippen molar-refractivity contribution in [3.05, 3.63) is 71.8 Å². The van der Waals surface area contributed by atoms with E-state index in [4.69, 9.17) is 4.74 Å². The van der Waals surface area contributed by atoms with Crippen LogP contribution in [0.5, 0.6) is 5.75 Å². The Labute approximate surface area is 193 Å². The number of hydrogen-bond acceptors (Lipinski definition) is 4. The standard InChI is InChI=1S/C27H37N3O2/c1-4-5-13-27(31)28-14-8-19-32-25-11-7-10-24(20-25)21-29-15-17-30(18-16-29)26-12-6-9-22(2)23(26)3/h4,6-7,9-12,20H,1,5,8,13-19,21H2,2-3H3,(H,28,31). The summed E-state index contributed by atoms with van der Waals surface area (Å²) in [7, 11) is 0. The Morgan fingerprint density at radius 1 is 1.12 bits per heavy atom. The number of anilines is 1.